The number of rotatable bonds is 3. The average molecular weight is 379 g/mol. The number of nitrogens with one attached hydrogen (secondary N) is 1. The lowest BCUT2D eigenvalue weighted by atomic mass is 9.92. The fraction of sp³-hybridized carbons (Fsp3) is 0.538. The Balaban J connectivity index is 1.97. The van der Waals surface area contributed by atoms with Crippen molar-refractivity contribution in [3.8, 4) is 5.75 Å². The maximum atomic E-state index is 9.88. The van der Waals surface area contributed by atoms with E-state index >= 15 is 0 Å². The highest BCUT2D eigenvalue weighted by Gasteiger charge is 2.22. The summed E-state index contributed by atoms with van der Waals surface area (Å²) in [6, 6.07) is 3.97. The quantitative estimate of drug-likeness (QED) is 0.756. The van der Waals surface area contributed by atoms with E-state index in [0.717, 1.165) is 24.8 Å². The number of halogens is 2. The van der Waals surface area contributed by atoms with Gasteiger partial charge in [-0.2, -0.15) is 0 Å². The van der Waals surface area contributed by atoms with E-state index in [1.165, 1.54) is 6.42 Å². The lowest BCUT2D eigenvalue weighted by Gasteiger charge is -2.28. The van der Waals surface area contributed by atoms with Crippen LogP contribution in [0.4, 0.5) is 0 Å². The van der Waals surface area contributed by atoms with Crippen molar-refractivity contribution >= 4 is 31.9 Å². The minimum Gasteiger partial charge on any atom is -0.506 e. The summed E-state index contributed by atoms with van der Waals surface area (Å²) in [5.41, 5.74) is 1.07. The molecule has 0 radical (unpaired) electrons. The van der Waals surface area contributed by atoms with E-state index in [0.29, 0.717) is 15.5 Å². The van der Waals surface area contributed by atoms with Gasteiger partial charge in [-0.15, -0.1) is 0 Å². The van der Waals surface area contributed by atoms with Gasteiger partial charge in [0.25, 0.3) is 0 Å². The van der Waals surface area contributed by atoms with Crippen molar-refractivity contribution in [3.63, 3.8) is 0 Å². The van der Waals surface area contributed by atoms with Crippen LogP contribution in [0.3, 0.4) is 0 Å². The predicted octanol–water partition coefficient (Wildman–Crippen LogP) is 3.31. The van der Waals surface area contributed by atoms with Crippen LogP contribution in [0.1, 0.15) is 31.2 Å². The van der Waals surface area contributed by atoms with E-state index in [1.807, 2.05) is 12.1 Å². The van der Waals surface area contributed by atoms with Crippen LogP contribution in [0.2, 0.25) is 0 Å². The Morgan fingerprint density at radius 1 is 1.17 bits per heavy atom. The average Bonchev–Trinajstić information content (AvgIpc) is 2.35. The van der Waals surface area contributed by atoms with E-state index in [4.69, 9.17) is 0 Å². The van der Waals surface area contributed by atoms with Crippen molar-refractivity contribution < 1.29 is 10.2 Å². The molecule has 100 valence electrons. The zero-order valence-electron chi connectivity index (χ0n) is 10.00. The molecule has 0 spiro atoms. The largest absolute Gasteiger partial charge is 0.506 e. The number of aliphatic hydroxyl groups is 1. The Bertz CT molecular complexity index is 402. The first-order valence-electron chi connectivity index (χ1n) is 6.16. The summed E-state index contributed by atoms with van der Waals surface area (Å²) >= 11 is 6.64. The molecule has 1 aromatic rings. The molecule has 2 unspecified atom stereocenters. The molecule has 2 rings (SSSR count). The van der Waals surface area contributed by atoms with Crippen LogP contribution in [0, 0.1) is 0 Å². The van der Waals surface area contributed by atoms with E-state index < -0.39 is 0 Å². The monoisotopic (exact) mass is 377 g/mol. The molecule has 1 aliphatic rings. The Morgan fingerprint density at radius 3 is 2.39 bits per heavy atom. The Kier molecular flexibility index (Phi) is 5.06. The second-order valence-electron chi connectivity index (χ2n) is 4.75. The van der Waals surface area contributed by atoms with E-state index in [1.54, 1.807) is 0 Å². The second-order valence-corrected chi connectivity index (χ2v) is 6.46. The highest BCUT2D eigenvalue weighted by Crippen LogP contribution is 2.33. The van der Waals surface area contributed by atoms with Gasteiger partial charge in [-0.1, -0.05) is 12.8 Å². The number of hydrogen-bond acceptors (Lipinski definition) is 3. The lowest BCUT2D eigenvalue weighted by Crippen LogP contribution is -2.41. The summed E-state index contributed by atoms with van der Waals surface area (Å²) in [7, 11) is 0. The molecule has 18 heavy (non-hydrogen) atoms. The van der Waals surface area contributed by atoms with Gasteiger partial charge in [-0.05, 0) is 62.4 Å². The van der Waals surface area contributed by atoms with Crippen molar-refractivity contribution in [1.82, 2.24) is 5.32 Å². The fourth-order valence-corrected chi connectivity index (χ4v) is 3.60. The van der Waals surface area contributed by atoms with E-state index in [-0.39, 0.29) is 17.9 Å². The molecule has 0 saturated heterocycles. The third-order valence-corrected chi connectivity index (χ3v) is 4.58. The highest BCUT2D eigenvalue weighted by molar-refractivity contribution is 9.11. The number of aliphatic hydroxyl groups excluding tert-OH is 1. The molecule has 1 saturated carbocycles. The topological polar surface area (TPSA) is 52.5 Å². The number of benzene rings is 1. The number of aromatic hydroxyl groups is 1. The van der Waals surface area contributed by atoms with Crippen LogP contribution in [0.5, 0.6) is 5.75 Å². The molecule has 1 aromatic carbocycles. The Labute approximate surface area is 124 Å². The molecule has 0 aliphatic heterocycles. The van der Waals surface area contributed by atoms with E-state index in [2.05, 4.69) is 37.2 Å². The standard InChI is InChI=1S/C13H17Br2NO2/c14-9-5-8(6-10(15)13(9)18)7-16-11-3-1-2-4-12(11)17/h5-6,11-12,16-18H,1-4,7H2. The molecular formula is C13H17Br2NO2. The molecule has 0 aromatic heterocycles. The Morgan fingerprint density at radius 2 is 1.78 bits per heavy atom. The molecule has 1 aliphatic carbocycles. The summed E-state index contributed by atoms with van der Waals surface area (Å²) in [6.07, 6.45) is 3.98. The van der Waals surface area contributed by atoms with Crippen LogP contribution in [0.15, 0.2) is 21.1 Å². The minimum atomic E-state index is -0.234. The summed E-state index contributed by atoms with van der Waals surface area (Å²) in [4.78, 5) is 0. The van der Waals surface area contributed by atoms with Gasteiger partial charge in [0.05, 0.1) is 15.0 Å². The summed E-state index contributed by atoms with van der Waals surface area (Å²) in [5, 5.41) is 22.9. The molecule has 2 atom stereocenters. The van der Waals surface area contributed by atoms with E-state index in [9.17, 15) is 10.2 Å². The predicted molar refractivity (Wildman–Crippen MR) is 78.6 cm³/mol. The zero-order chi connectivity index (χ0) is 13.1. The SMILES string of the molecule is Oc1c(Br)cc(CNC2CCCCC2O)cc1Br. The second kappa shape index (κ2) is 6.37. The van der Waals surface area contributed by atoms with Gasteiger partial charge in [-0.25, -0.2) is 0 Å². The van der Waals surface area contributed by atoms with Gasteiger partial charge in [0.1, 0.15) is 5.75 Å². The molecule has 3 nitrogen and oxygen atoms in total. The third-order valence-electron chi connectivity index (χ3n) is 3.37. The van der Waals surface area contributed by atoms with Crippen LogP contribution in [0.25, 0.3) is 0 Å². The maximum absolute atomic E-state index is 9.88. The van der Waals surface area contributed by atoms with Crippen molar-refractivity contribution in [2.24, 2.45) is 0 Å². The maximum Gasteiger partial charge on any atom is 0.143 e. The lowest BCUT2D eigenvalue weighted by molar-refractivity contribution is 0.0902. The van der Waals surface area contributed by atoms with Gasteiger partial charge in [-0.3, -0.25) is 0 Å². The fourth-order valence-electron chi connectivity index (χ4n) is 2.32. The van der Waals surface area contributed by atoms with Crippen molar-refractivity contribution in [2.45, 2.75) is 44.4 Å². The number of phenols is 1. The zero-order valence-corrected chi connectivity index (χ0v) is 13.2. The molecule has 0 heterocycles. The third kappa shape index (κ3) is 3.47. The molecule has 1 fully saturated rings. The van der Waals surface area contributed by atoms with Crippen LogP contribution < -0.4 is 5.32 Å². The van der Waals surface area contributed by atoms with Gasteiger partial charge in [0, 0.05) is 12.6 Å². The number of hydrogen-bond donors (Lipinski definition) is 3. The first-order valence-corrected chi connectivity index (χ1v) is 7.75. The number of phenolic OH excluding ortho intramolecular Hbond substituents is 1. The van der Waals surface area contributed by atoms with Gasteiger partial charge in [0.2, 0.25) is 0 Å². The van der Waals surface area contributed by atoms with Crippen LogP contribution in [-0.2, 0) is 6.54 Å². The smallest absolute Gasteiger partial charge is 0.143 e. The first-order chi connectivity index (χ1) is 8.58. The summed E-state index contributed by atoms with van der Waals surface area (Å²) < 4.78 is 1.36. The van der Waals surface area contributed by atoms with Crippen molar-refractivity contribution in [1.29, 1.82) is 0 Å². The minimum absolute atomic E-state index is 0.185. The van der Waals surface area contributed by atoms with Crippen molar-refractivity contribution in [3.05, 3.63) is 26.6 Å². The normalized spacial score (nSPS) is 24.2. The van der Waals surface area contributed by atoms with Crippen LogP contribution >= 0.6 is 31.9 Å². The summed E-state index contributed by atoms with van der Waals surface area (Å²) in [6.45, 7) is 0.694. The van der Waals surface area contributed by atoms with Crippen LogP contribution in [-0.4, -0.2) is 22.4 Å². The first kappa shape index (κ1) is 14.3. The molecule has 0 amide bonds. The van der Waals surface area contributed by atoms with Crippen molar-refractivity contribution in [2.75, 3.05) is 0 Å². The Hall–Kier alpha value is -0.100. The summed E-state index contributed by atoms with van der Waals surface area (Å²) in [5.74, 6) is 0.219. The molecule has 3 N–H and O–H groups in total. The molecule has 0 bridgehead atoms. The molecule has 5 heteroatoms. The molecular weight excluding hydrogens is 362 g/mol. The highest BCUT2D eigenvalue weighted by atomic mass is 79.9. The van der Waals surface area contributed by atoms with Gasteiger partial charge < -0.3 is 15.5 Å². The van der Waals surface area contributed by atoms with Gasteiger partial charge in [0.15, 0.2) is 0 Å². The van der Waals surface area contributed by atoms with Gasteiger partial charge >= 0.3 is 0 Å².